The first-order valence-corrected chi connectivity index (χ1v) is 9.19. The Kier molecular flexibility index (Phi) is 7.11. The van der Waals surface area contributed by atoms with E-state index in [0.29, 0.717) is 29.9 Å². The van der Waals surface area contributed by atoms with E-state index in [2.05, 4.69) is 28.8 Å². The second-order valence-electron chi connectivity index (χ2n) is 4.94. The van der Waals surface area contributed by atoms with Crippen LogP contribution in [0.4, 0.5) is 0 Å². The van der Waals surface area contributed by atoms with Crippen LogP contribution in [0.2, 0.25) is 0 Å². The van der Waals surface area contributed by atoms with Crippen LogP contribution >= 0.6 is 11.3 Å². The Balaban J connectivity index is 2.52. The van der Waals surface area contributed by atoms with Crippen LogP contribution < -0.4 is 10.0 Å². The van der Waals surface area contributed by atoms with Gasteiger partial charge in [0.15, 0.2) is 0 Å². The maximum atomic E-state index is 12.1. The first-order valence-electron chi connectivity index (χ1n) is 6.82. The lowest BCUT2D eigenvalue weighted by Crippen LogP contribution is -2.36. The van der Waals surface area contributed by atoms with E-state index in [9.17, 15) is 8.42 Å². The van der Waals surface area contributed by atoms with Crippen LogP contribution in [0.15, 0.2) is 15.7 Å². The average molecular weight is 319 g/mol. The highest BCUT2D eigenvalue weighted by Gasteiger charge is 2.16. The Hall–Kier alpha value is -0.470. The van der Waals surface area contributed by atoms with Crippen LogP contribution in [0.5, 0.6) is 0 Å². The summed E-state index contributed by atoms with van der Waals surface area (Å²) in [6.07, 6.45) is 1.06. The van der Waals surface area contributed by atoms with E-state index in [1.54, 1.807) is 6.07 Å². The molecule has 1 aromatic rings. The summed E-state index contributed by atoms with van der Waals surface area (Å²) < 4.78 is 27.3. The molecule has 20 heavy (non-hydrogen) atoms. The van der Waals surface area contributed by atoms with Gasteiger partial charge in [0.1, 0.15) is 4.21 Å². The van der Waals surface area contributed by atoms with E-state index in [1.807, 2.05) is 19.5 Å². The van der Waals surface area contributed by atoms with Gasteiger partial charge in [-0.15, -0.1) is 11.3 Å². The van der Waals surface area contributed by atoms with Gasteiger partial charge in [-0.05, 0) is 44.4 Å². The molecule has 1 atom stereocenters. The minimum absolute atomic E-state index is 0.383. The molecule has 0 radical (unpaired) electrons. The molecule has 0 aliphatic rings. The van der Waals surface area contributed by atoms with Gasteiger partial charge < -0.3 is 10.2 Å². The largest absolute Gasteiger partial charge is 0.316 e. The fraction of sp³-hybridized carbons (Fsp3) is 0.692. The zero-order valence-corrected chi connectivity index (χ0v) is 14.3. The Morgan fingerprint density at radius 1 is 1.45 bits per heavy atom. The number of nitrogens with zero attached hydrogens (tertiary/aromatic N) is 1. The molecule has 0 saturated heterocycles. The highest BCUT2D eigenvalue weighted by Crippen LogP contribution is 2.19. The minimum atomic E-state index is -3.37. The van der Waals surface area contributed by atoms with Gasteiger partial charge in [-0.3, -0.25) is 0 Å². The highest BCUT2D eigenvalue weighted by molar-refractivity contribution is 7.91. The maximum Gasteiger partial charge on any atom is 0.250 e. The number of hydrogen-bond donors (Lipinski definition) is 2. The standard InChI is InChI=1S/C13H25N3O2S2/c1-5-11(2)16(4)7-6-15-20(17,18)13-8-12(9-14-3)10-19-13/h8,10-11,14-15H,5-7,9H2,1-4H3. The molecule has 0 fully saturated rings. The van der Waals surface area contributed by atoms with E-state index >= 15 is 0 Å². The van der Waals surface area contributed by atoms with E-state index in [-0.39, 0.29) is 0 Å². The van der Waals surface area contributed by atoms with Crippen molar-refractivity contribution in [3.8, 4) is 0 Å². The van der Waals surface area contributed by atoms with Crippen molar-refractivity contribution in [2.45, 2.75) is 37.1 Å². The van der Waals surface area contributed by atoms with Gasteiger partial charge in [0, 0.05) is 25.7 Å². The van der Waals surface area contributed by atoms with Crippen molar-refractivity contribution >= 4 is 21.4 Å². The van der Waals surface area contributed by atoms with E-state index < -0.39 is 10.0 Å². The van der Waals surface area contributed by atoms with Crippen molar-refractivity contribution in [3.63, 3.8) is 0 Å². The van der Waals surface area contributed by atoms with Crippen LogP contribution in [0, 0.1) is 0 Å². The second kappa shape index (κ2) is 8.09. The Morgan fingerprint density at radius 3 is 2.75 bits per heavy atom. The molecule has 1 unspecified atom stereocenters. The lowest BCUT2D eigenvalue weighted by atomic mass is 10.2. The molecule has 0 aliphatic carbocycles. The Labute approximate surface area is 126 Å². The van der Waals surface area contributed by atoms with Gasteiger partial charge in [0.25, 0.3) is 0 Å². The second-order valence-corrected chi connectivity index (χ2v) is 7.84. The molecule has 2 N–H and O–H groups in total. The van der Waals surface area contributed by atoms with Gasteiger partial charge in [0.2, 0.25) is 10.0 Å². The van der Waals surface area contributed by atoms with Gasteiger partial charge in [-0.25, -0.2) is 13.1 Å². The molecule has 0 bridgehead atoms. The van der Waals surface area contributed by atoms with Crippen molar-refractivity contribution in [3.05, 3.63) is 17.0 Å². The van der Waals surface area contributed by atoms with Crippen molar-refractivity contribution in [1.29, 1.82) is 0 Å². The predicted molar refractivity (Wildman–Crippen MR) is 84.7 cm³/mol. The molecule has 1 aromatic heterocycles. The van der Waals surface area contributed by atoms with Crippen molar-refractivity contribution < 1.29 is 8.42 Å². The molecule has 0 saturated carbocycles. The molecule has 1 heterocycles. The normalized spacial score (nSPS) is 13.8. The summed E-state index contributed by atoms with van der Waals surface area (Å²) >= 11 is 1.26. The van der Waals surface area contributed by atoms with Crippen LogP contribution in [-0.2, 0) is 16.6 Å². The molecular weight excluding hydrogens is 294 g/mol. The maximum absolute atomic E-state index is 12.1. The number of sulfonamides is 1. The Bertz CT molecular complexity index is 499. The fourth-order valence-electron chi connectivity index (χ4n) is 1.75. The Morgan fingerprint density at radius 2 is 2.15 bits per heavy atom. The third-order valence-electron chi connectivity index (χ3n) is 3.38. The summed E-state index contributed by atoms with van der Waals surface area (Å²) in [5.41, 5.74) is 0.995. The van der Waals surface area contributed by atoms with Crippen molar-refractivity contribution in [2.24, 2.45) is 0 Å². The van der Waals surface area contributed by atoms with Gasteiger partial charge in [-0.1, -0.05) is 6.92 Å². The number of likely N-dealkylation sites (N-methyl/N-ethyl adjacent to an activating group) is 1. The fourth-order valence-corrected chi connectivity index (χ4v) is 4.03. The van der Waals surface area contributed by atoms with Gasteiger partial charge in [-0.2, -0.15) is 0 Å². The van der Waals surface area contributed by atoms with Crippen LogP contribution in [-0.4, -0.2) is 46.5 Å². The lowest BCUT2D eigenvalue weighted by Gasteiger charge is -2.23. The first-order chi connectivity index (χ1) is 9.40. The molecule has 5 nitrogen and oxygen atoms in total. The van der Waals surface area contributed by atoms with E-state index in [0.717, 1.165) is 12.0 Å². The zero-order valence-electron chi connectivity index (χ0n) is 12.6. The topological polar surface area (TPSA) is 61.4 Å². The molecule has 1 rings (SSSR count). The van der Waals surface area contributed by atoms with Crippen LogP contribution in [0.25, 0.3) is 0 Å². The molecular formula is C13H25N3O2S2. The van der Waals surface area contributed by atoms with Crippen molar-refractivity contribution in [2.75, 3.05) is 27.2 Å². The molecule has 0 amide bonds. The monoisotopic (exact) mass is 319 g/mol. The number of rotatable bonds is 9. The van der Waals surface area contributed by atoms with Crippen molar-refractivity contribution in [1.82, 2.24) is 14.9 Å². The van der Waals surface area contributed by atoms with Gasteiger partial charge in [0.05, 0.1) is 0 Å². The zero-order chi connectivity index (χ0) is 15.2. The molecule has 0 spiro atoms. The summed E-state index contributed by atoms with van der Waals surface area (Å²) in [5, 5.41) is 4.88. The first kappa shape index (κ1) is 17.6. The summed E-state index contributed by atoms with van der Waals surface area (Å²) in [6.45, 7) is 6.09. The summed E-state index contributed by atoms with van der Waals surface area (Å²) in [5.74, 6) is 0. The highest BCUT2D eigenvalue weighted by atomic mass is 32.2. The average Bonchev–Trinajstić information content (AvgIpc) is 2.87. The summed E-state index contributed by atoms with van der Waals surface area (Å²) in [6, 6.07) is 2.19. The quantitative estimate of drug-likeness (QED) is 0.724. The molecule has 7 heteroatoms. The number of nitrogens with one attached hydrogen (secondary N) is 2. The van der Waals surface area contributed by atoms with E-state index in [1.165, 1.54) is 11.3 Å². The lowest BCUT2D eigenvalue weighted by molar-refractivity contribution is 0.256. The summed E-state index contributed by atoms with van der Waals surface area (Å²) in [7, 11) is 0.483. The van der Waals surface area contributed by atoms with Crippen LogP contribution in [0.3, 0.4) is 0 Å². The van der Waals surface area contributed by atoms with E-state index in [4.69, 9.17) is 0 Å². The minimum Gasteiger partial charge on any atom is -0.316 e. The third kappa shape index (κ3) is 5.14. The smallest absolute Gasteiger partial charge is 0.250 e. The third-order valence-corrected chi connectivity index (χ3v) is 6.32. The molecule has 0 aromatic carbocycles. The summed E-state index contributed by atoms with van der Waals surface area (Å²) in [4.78, 5) is 2.16. The van der Waals surface area contributed by atoms with Gasteiger partial charge >= 0.3 is 0 Å². The molecule has 0 aliphatic heterocycles. The number of thiophene rings is 1. The molecule has 116 valence electrons. The predicted octanol–water partition coefficient (Wildman–Crippen LogP) is 1.48. The van der Waals surface area contributed by atoms with Crippen LogP contribution in [0.1, 0.15) is 25.8 Å². The number of hydrogen-bond acceptors (Lipinski definition) is 5. The SMILES string of the molecule is CCC(C)N(C)CCNS(=O)(=O)c1cc(CNC)cs1.